The molecular weight excluding hydrogens is 540 g/mol. The molecule has 3 atom stereocenters. The van der Waals surface area contributed by atoms with E-state index >= 15 is 0 Å². The van der Waals surface area contributed by atoms with Crippen LogP contribution in [0.5, 0.6) is 0 Å². The Hall–Kier alpha value is -3.54. The van der Waals surface area contributed by atoms with Crippen molar-refractivity contribution in [2.75, 3.05) is 13.7 Å². The Kier molecular flexibility index (Phi) is 9.88. The monoisotopic (exact) mass is 576 g/mol. The fraction of sp³-hybridized carbons (Fsp3) is 0.593. The van der Waals surface area contributed by atoms with Gasteiger partial charge in [-0.25, -0.2) is 4.79 Å². The molecule has 218 valence electrons. The molecular formula is C27H37ClN6O6. The number of ether oxygens (including phenoxy) is 1. The molecule has 2 N–H and O–H groups in total. The van der Waals surface area contributed by atoms with E-state index in [4.69, 9.17) is 16.0 Å². The number of aromatic nitrogens is 3. The van der Waals surface area contributed by atoms with E-state index in [1.807, 2.05) is 13.8 Å². The number of hydrogen-bond acceptors (Lipinski definition) is 9. The molecule has 0 aliphatic carbocycles. The Labute approximate surface area is 238 Å². The van der Waals surface area contributed by atoms with Gasteiger partial charge >= 0.3 is 6.09 Å². The van der Waals surface area contributed by atoms with Crippen molar-refractivity contribution in [2.45, 2.75) is 77.9 Å². The Morgan fingerprint density at radius 1 is 1.07 bits per heavy atom. The van der Waals surface area contributed by atoms with Crippen LogP contribution in [0.4, 0.5) is 4.79 Å². The predicted molar refractivity (Wildman–Crippen MR) is 146 cm³/mol. The van der Waals surface area contributed by atoms with Gasteiger partial charge in [-0.2, -0.15) is 0 Å². The van der Waals surface area contributed by atoms with Gasteiger partial charge in [-0.1, -0.05) is 39.3 Å². The summed E-state index contributed by atoms with van der Waals surface area (Å²) in [6.07, 6.45) is 1.81. The molecule has 0 spiro atoms. The van der Waals surface area contributed by atoms with Crippen LogP contribution in [0.15, 0.2) is 22.7 Å². The second-order valence-electron chi connectivity index (χ2n) is 11.0. The van der Waals surface area contributed by atoms with Crippen LogP contribution in [0.3, 0.4) is 0 Å². The number of carbonyl (C=O) groups excluding carboxylic acids is 4. The minimum atomic E-state index is -0.968. The fourth-order valence-corrected chi connectivity index (χ4v) is 4.64. The van der Waals surface area contributed by atoms with Crippen molar-refractivity contribution in [1.82, 2.24) is 30.7 Å². The number of nitrogens with zero attached hydrogens (tertiary/aromatic N) is 4. The van der Waals surface area contributed by atoms with Gasteiger partial charge in [0.2, 0.25) is 23.5 Å². The smallest absolute Gasteiger partial charge is 0.407 e. The topological polar surface area (TPSA) is 157 Å². The number of alkyl carbamates (subject to hydrolysis) is 1. The van der Waals surface area contributed by atoms with Crippen LogP contribution in [-0.4, -0.2) is 75.6 Å². The van der Waals surface area contributed by atoms with Gasteiger partial charge < -0.3 is 24.7 Å². The van der Waals surface area contributed by atoms with E-state index in [0.717, 1.165) is 0 Å². The van der Waals surface area contributed by atoms with Crippen LogP contribution in [-0.2, 0) is 19.7 Å². The van der Waals surface area contributed by atoms with Crippen LogP contribution in [0.2, 0.25) is 5.02 Å². The highest BCUT2D eigenvalue weighted by molar-refractivity contribution is 6.30. The second-order valence-corrected chi connectivity index (χ2v) is 11.5. The third-order valence-electron chi connectivity index (χ3n) is 7.02. The molecule has 1 aliphatic rings. The van der Waals surface area contributed by atoms with Gasteiger partial charge in [0.15, 0.2) is 0 Å². The van der Waals surface area contributed by atoms with Gasteiger partial charge in [-0.05, 0) is 50.7 Å². The lowest BCUT2D eigenvalue weighted by Crippen LogP contribution is -2.57. The number of carbonyl (C=O) groups is 4. The maximum Gasteiger partial charge on any atom is 0.407 e. The number of hydrogen-bond donors (Lipinski definition) is 2. The highest BCUT2D eigenvalue weighted by Gasteiger charge is 2.41. The first kappa shape index (κ1) is 31.0. The zero-order valence-electron chi connectivity index (χ0n) is 23.9. The minimum absolute atomic E-state index is 0.185. The number of methoxy groups -OCH3 is 1. The summed E-state index contributed by atoms with van der Waals surface area (Å²) in [5.74, 6) is -1.99. The van der Waals surface area contributed by atoms with Gasteiger partial charge in [-0.3, -0.25) is 19.4 Å². The predicted octanol–water partition coefficient (Wildman–Crippen LogP) is 3.14. The molecule has 3 amide bonds. The SMILES string of the molecule is COC(=O)N[C@H](C(=O)N1CCC[C@H]1C(=O)N[C@@H](C(=O)c1nnc(C(C)(C)c2ccc(Cl)cn2)o1)C(C)C)C(C)C. The van der Waals surface area contributed by atoms with Crippen molar-refractivity contribution in [1.29, 1.82) is 0 Å². The van der Waals surface area contributed by atoms with Crippen LogP contribution in [0.1, 0.15) is 76.7 Å². The largest absolute Gasteiger partial charge is 0.453 e. The number of nitrogens with one attached hydrogen (secondary N) is 2. The van der Waals surface area contributed by atoms with E-state index in [0.29, 0.717) is 30.1 Å². The summed E-state index contributed by atoms with van der Waals surface area (Å²) >= 11 is 5.95. The van der Waals surface area contributed by atoms with Gasteiger partial charge in [-0.15, -0.1) is 10.2 Å². The van der Waals surface area contributed by atoms with Crippen LogP contribution in [0.25, 0.3) is 0 Å². The molecule has 0 saturated carbocycles. The average Bonchev–Trinajstić information content (AvgIpc) is 3.60. The minimum Gasteiger partial charge on any atom is -0.453 e. The van der Waals surface area contributed by atoms with E-state index in [1.165, 1.54) is 18.2 Å². The van der Waals surface area contributed by atoms with Crippen LogP contribution >= 0.6 is 11.6 Å². The van der Waals surface area contributed by atoms with Crippen molar-refractivity contribution in [2.24, 2.45) is 11.8 Å². The van der Waals surface area contributed by atoms with Crippen molar-refractivity contribution in [3.05, 3.63) is 40.8 Å². The summed E-state index contributed by atoms with van der Waals surface area (Å²) in [5, 5.41) is 13.9. The van der Waals surface area contributed by atoms with Crippen molar-refractivity contribution in [3.8, 4) is 0 Å². The highest BCUT2D eigenvalue weighted by atomic mass is 35.5. The van der Waals surface area contributed by atoms with Gasteiger partial charge in [0, 0.05) is 12.7 Å². The summed E-state index contributed by atoms with van der Waals surface area (Å²) in [4.78, 5) is 57.7. The molecule has 2 aromatic heterocycles. The molecule has 2 aromatic rings. The maximum atomic E-state index is 13.4. The molecule has 0 bridgehead atoms. The molecule has 13 heteroatoms. The summed E-state index contributed by atoms with van der Waals surface area (Å²) in [6.45, 7) is 11.2. The zero-order chi connectivity index (χ0) is 29.8. The van der Waals surface area contributed by atoms with E-state index in [9.17, 15) is 19.2 Å². The van der Waals surface area contributed by atoms with E-state index in [2.05, 4.69) is 30.6 Å². The van der Waals surface area contributed by atoms with Gasteiger partial charge in [0.1, 0.15) is 12.1 Å². The molecule has 3 heterocycles. The van der Waals surface area contributed by atoms with Crippen molar-refractivity contribution in [3.63, 3.8) is 0 Å². The normalized spacial score (nSPS) is 17.1. The number of Topliss-reactive ketones (excluding diaryl/α,β-unsaturated/α-hetero) is 1. The second kappa shape index (κ2) is 12.8. The average molecular weight is 577 g/mol. The fourth-order valence-electron chi connectivity index (χ4n) is 4.53. The zero-order valence-corrected chi connectivity index (χ0v) is 24.6. The quantitative estimate of drug-likeness (QED) is 0.405. The first-order valence-corrected chi connectivity index (χ1v) is 13.6. The third kappa shape index (κ3) is 6.78. The number of amides is 3. The molecule has 0 aromatic carbocycles. The molecule has 40 heavy (non-hydrogen) atoms. The van der Waals surface area contributed by atoms with Gasteiger partial charge in [0.25, 0.3) is 5.89 Å². The third-order valence-corrected chi connectivity index (χ3v) is 7.24. The van der Waals surface area contributed by atoms with E-state index in [1.54, 1.807) is 39.8 Å². The summed E-state index contributed by atoms with van der Waals surface area (Å²) < 4.78 is 10.4. The lowest BCUT2D eigenvalue weighted by molar-refractivity contribution is -0.141. The molecule has 1 saturated heterocycles. The Bertz CT molecular complexity index is 1230. The molecule has 1 fully saturated rings. The first-order valence-electron chi connectivity index (χ1n) is 13.2. The standard InChI is InChI=1S/C27H37ClN6O6/c1-14(2)19(21(35)23-32-33-25(40-23)27(5,6)18-11-10-16(28)13-29-18)30-22(36)17-9-8-12-34(17)24(37)20(15(3)4)31-26(38)39-7/h10-11,13-15,17,19-20H,8-9,12H2,1-7H3,(H,30,36)(H,31,38)/t17-,19+,20-/m0/s1. The lowest BCUT2D eigenvalue weighted by atomic mass is 9.89. The molecule has 0 radical (unpaired) electrons. The Morgan fingerprint density at radius 2 is 1.75 bits per heavy atom. The number of halogens is 1. The summed E-state index contributed by atoms with van der Waals surface area (Å²) in [7, 11) is 1.22. The van der Waals surface area contributed by atoms with E-state index in [-0.39, 0.29) is 29.5 Å². The maximum absolute atomic E-state index is 13.4. The van der Waals surface area contributed by atoms with Crippen molar-refractivity contribution >= 4 is 35.3 Å². The first-order chi connectivity index (χ1) is 18.8. The lowest BCUT2D eigenvalue weighted by Gasteiger charge is -2.31. The molecule has 0 unspecified atom stereocenters. The Morgan fingerprint density at radius 3 is 2.33 bits per heavy atom. The van der Waals surface area contributed by atoms with Crippen LogP contribution < -0.4 is 10.6 Å². The highest BCUT2D eigenvalue weighted by Crippen LogP contribution is 2.30. The van der Waals surface area contributed by atoms with Gasteiger partial charge in [0.05, 0.1) is 29.3 Å². The molecule has 12 nitrogen and oxygen atoms in total. The number of ketones is 1. The number of likely N-dealkylation sites (tertiary alicyclic amines) is 1. The number of rotatable bonds is 10. The molecule has 1 aliphatic heterocycles. The summed E-state index contributed by atoms with van der Waals surface area (Å²) in [6, 6.07) is 0.813. The Balaban J connectivity index is 1.77. The summed E-state index contributed by atoms with van der Waals surface area (Å²) in [5.41, 5.74) is -0.177. The van der Waals surface area contributed by atoms with Crippen LogP contribution in [0, 0.1) is 11.8 Å². The number of pyridine rings is 1. The molecule has 3 rings (SSSR count). The van der Waals surface area contributed by atoms with Crippen molar-refractivity contribution < 1.29 is 28.3 Å². The van der Waals surface area contributed by atoms with E-state index < -0.39 is 41.3 Å².